The molecule has 0 saturated carbocycles. The Labute approximate surface area is 119 Å². The molecule has 2 amide bonds. The van der Waals surface area contributed by atoms with E-state index in [0.717, 1.165) is 0 Å². The monoisotopic (exact) mass is 300 g/mol. The Balaban J connectivity index is 2.29. The van der Waals surface area contributed by atoms with Gasteiger partial charge in [-0.25, -0.2) is 4.99 Å². The largest absolute Gasteiger partial charge is 0.370 e. The predicted octanol–water partition coefficient (Wildman–Crippen LogP) is 0.361. The van der Waals surface area contributed by atoms with Crippen LogP contribution in [0.15, 0.2) is 35.3 Å². The van der Waals surface area contributed by atoms with Crippen molar-refractivity contribution in [1.82, 2.24) is 10.6 Å². The molecule has 0 radical (unpaired) electrons. The lowest BCUT2D eigenvalue weighted by Crippen LogP contribution is -2.58. The van der Waals surface area contributed by atoms with Crippen molar-refractivity contribution in [2.45, 2.75) is 10.5 Å². The summed E-state index contributed by atoms with van der Waals surface area (Å²) in [7, 11) is 0. The summed E-state index contributed by atoms with van der Waals surface area (Å²) in [6, 6.07) is 8.30. The van der Waals surface area contributed by atoms with E-state index < -0.39 is 22.3 Å². The molecule has 0 fully saturated rings. The van der Waals surface area contributed by atoms with Crippen LogP contribution >= 0.6 is 23.2 Å². The standard InChI is InChI=1S/C11H10Cl2N4O2/c12-8(13)11(9(19)15-10(14)17-11)16-7(18)6-4-2-1-3-5-6/h1-5,8H,(H,16,18)(H3,14,15,17,19)/t11-/m1/s1. The molecular formula is C11H10Cl2N4O2. The van der Waals surface area contributed by atoms with Crippen LogP contribution in [-0.2, 0) is 4.79 Å². The van der Waals surface area contributed by atoms with Gasteiger partial charge in [0.1, 0.15) is 0 Å². The van der Waals surface area contributed by atoms with Crippen LogP contribution < -0.4 is 16.4 Å². The third-order valence-corrected chi connectivity index (χ3v) is 3.17. The van der Waals surface area contributed by atoms with Crippen LogP contribution in [0, 0.1) is 0 Å². The Morgan fingerprint density at radius 3 is 2.47 bits per heavy atom. The SMILES string of the molecule is NC1=N[C@](NC(=O)c2ccccc2)(C(Cl)Cl)C(=O)N1. The van der Waals surface area contributed by atoms with Gasteiger partial charge in [-0.1, -0.05) is 41.4 Å². The smallest absolute Gasteiger partial charge is 0.278 e. The number of hydrogen-bond donors (Lipinski definition) is 3. The van der Waals surface area contributed by atoms with Crippen LogP contribution in [0.5, 0.6) is 0 Å². The molecule has 19 heavy (non-hydrogen) atoms. The number of nitrogens with zero attached hydrogens (tertiary/aromatic N) is 1. The van der Waals surface area contributed by atoms with Gasteiger partial charge in [0.25, 0.3) is 11.8 Å². The van der Waals surface area contributed by atoms with Crippen molar-refractivity contribution >= 4 is 41.0 Å². The van der Waals surface area contributed by atoms with Crippen molar-refractivity contribution in [3.05, 3.63) is 35.9 Å². The normalized spacial score (nSPS) is 22.1. The Morgan fingerprint density at radius 2 is 2.00 bits per heavy atom. The minimum Gasteiger partial charge on any atom is -0.370 e. The molecule has 1 heterocycles. The van der Waals surface area contributed by atoms with E-state index in [0.29, 0.717) is 5.56 Å². The molecule has 100 valence electrons. The third-order valence-electron chi connectivity index (χ3n) is 2.54. The molecule has 8 heteroatoms. The van der Waals surface area contributed by atoms with Gasteiger partial charge < -0.3 is 11.1 Å². The molecule has 6 nitrogen and oxygen atoms in total. The first kappa shape index (κ1) is 13.6. The number of carbonyl (C=O) groups excluding carboxylic acids is 2. The van der Waals surface area contributed by atoms with Crippen LogP contribution in [0.2, 0.25) is 0 Å². The molecule has 1 aliphatic heterocycles. The lowest BCUT2D eigenvalue weighted by Gasteiger charge is -2.25. The van der Waals surface area contributed by atoms with Crippen LogP contribution in [-0.4, -0.2) is 28.3 Å². The van der Waals surface area contributed by atoms with Crippen LogP contribution in [0.1, 0.15) is 10.4 Å². The second kappa shape index (κ2) is 5.07. The number of amides is 2. The lowest BCUT2D eigenvalue weighted by atomic mass is 10.1. The van der Waals surface area contributed by atoms with Gasteiger partial charge in [-0.15, -0.1) is 0 Å². The number of benzene rings is 1. The zero-order valence-corrected chi connectivity index (χ0v) is 11.1. The van der Waals surface area contributed by atoms with E-state index in [2.05, 4.69) is 15.6 Å². The summed E-state index contributed by atoms with van der Waals surface area (Å²) >= 11 is 11.5. The number of halogens is 2. The van der Waals surface area contributed by atoms with Gasteiger partial charge in [-0.3, -0.25) is 14.9 Å². The second-order valence-electron chi connectivity index (χ2n) is 3.84. The first-order valence-corrected chi connectivity index (χ1v) is 6.15. The van der Waals surface area contributed by atoms with Crippen LogP contribution in [0.3, 0.4) is 0 Å². The molecule has 0 unspecified atom stereocenters. The summed E-state index contributed by atoms with van der Waals surface area (Å²) in [5.74, 6) is -1.35. The fourth-order valence-electron chi connectivity index (χ4n) is 1.60. The number of aliphatic imine (C=N–C) groups is 1. The summed E-state index contributed by atoms with van der Waals surface area (Å²) in [5.41, 5.74) is 3.95. The Bertz CT molecular complexity index is 547. The van der Waals surface area contributed by atoms with Crippen LogP contribution in [0.25, 0.3) is 0 Å². The van der Waals surface area contributed by atoms with Gasteiger partial charge in [-0.05, 0) is 12.1 Å². The third kappa shape index (κ3) is 2.50. The molecule has 4 N–H and O–H groups in total. The fourth-order valence-corrected chi connectivity index (χ4v) is 2.01. The first-order valence-electron chi connectivity index (χ1n) is 5.28. The molecule has 1 aliphatic rings. The zero-order chi connectivity index (χ0) is 14.0. The average molecular weight is 301 g/mol. The summed E-state index contributed by atoms with van der Waals surface area (Å²) < 4.78 is 0. The number of guanidine groups is 1. The van der Waals surface area contributed by atoms with Gasteiger partial charge in [0, 0.05) is 5.56 Å². The number of carbonyl (C=O) groups is 2. The van der Waals surface area contributed by atoms with Crippen molar-refractivity contribution < 1.29 is 9.59 Å². The molecule has 0 bridgehead atoms. The Kier molecular flexibility index (Phi) is 3.64. The second-order valence-corrected chi connectivity index (χ2v) is 4.93. The van der Waals surface area contributed by atoms with Crippen molar-refractivity contribution in [2.24, 2.45) is 10.7 Å². The van der Waals surface area contributed by atoms with Gasteiger partial charge in [0.15, 0.2) is 10.8 Å². The van der Waals surface area contributed by atoms with Crippen LogP contribution in [0.4, 0.5) is 0 Å². The highest BCUT2D eigenvalue weighted by Gasteiger charge is 2.50. The summed E-state index contributed by atoms with van der Waals surface area (Å²) in [4.78, 5) is 26.4. The van der Waals surface area contributed by atoms with Gasteiger partial charge in [0.2, 0.25) is 5.66 Å². The number of alkyl halides is 2. The minimum atomic E-state index is -1.81. The maximum absolute atomic E-state index is 12.0. The number of nitrogens with two attached hydrogens (primary N) is 1. The highest BCUT2D eigenvalue weighted by atomic mass is 35.5. The maximum Gasteiger partial charge on any atom is 0.278 e. The molecular weight excluding hydrogens is 291 g/mol. The van der Waals surface area contributed by atoms with E-state index in [4.69, 9.17) is 28.9 Å². The van der Waals surface area contributed by atoms with Crippen molar-refractivity contribution in [1.29, 1.82) is 0 Å². The molecule has 0 saturated heterocycles. The molecule has 0 spiro atoms. The van der Waals surface area contributed by atoms with Gasteiger partial charge in [-0.2, -0.15) is 0 Å². The minimum absolute atomic E-state index is 0.148. The van der Waals surface area contributed by atoms with Gasteiger partial charge in [0.05, 0.1) is 0 Å². The molecule has 1 atom stereocenters. The van der Waals surface area contributed by atoms with Crippen molar-refractivity contribution in [3.63, 3.8) is 0 Å². The average Bonchev–Trinajstić information content (AvgIpc) is 2.66. The molecule has 2 rings (SSSR count). The maximum atomic E-state index is 12.0. The van der Waals surface area contributed by atoms with E-state index in [9.17, 15) is 9.59 Å². The molecule has 1 aromatic carbocycles. The fraction of sp³-hybridized carbons (Fsp3) is 0.182. The van der Waals surface area contributed by atoms with E-state index in [1.165, 1.54) is 0 Å². The topological polar surface area (TPSA) is 96.6 Å². The van der Waals surface area contributed by atoms with Crippen molar-refractivity contribution in [2.75, 3.05) is 0 Å². The molecule has 0 aromatic heterocycles. The lowest BCUT2D eigenvalue weighted by molar-refractivity contribution is -0.124. The number of rotatable bonds is 3. The Morgan fingerprint density at radius 1 is 1.37 bits per heavy atom. The summed E-state index contributed by atoms with van der Waals surface area (Å²) in [6.07, 6.45) is 0. The van der Waals surface area contributed by atoms with E-state index in [1.54, 1.807) is 30.3 Å². The van der Waals surface area contributed by atoms with E-state index in [-0.39, 0.29) is 5.96 Å². The summed E-state index contributed by atoms with van der Waals surface area (Å²) in [5, 5.41) is 4.66. The molecule has 1 aromatic rings. The number of nitrogens with one attached hydrogen (secondary N) is 2. The zero-order valence-electron chi connectivity index (χ0n) is 9.56. The quantitative estimate of drug-likeness (QED) is 0.703. The highest BCUT2D eigenvalue weighted by molar-refractivity contribution is 6.47. The summed E-state index contributed by atoms with van der Waals surface area (Å²) in [6.45, 7) is 0. The predicted molar refractivity (Wildman–Crippen MR) is 71.9 cm³/mol. The Hall–Kier alpha value is -1.79. The van der Waals surface area contributed by atoms with Gasteiger partial charge >= 0.3 is 0 Å². The molecule has 0 aliphatic carbocycles. The first-order chi connectivity index (χ1) is 8.95. The van der Waals surface area contributed by atoms with Crippen molar-refractivity contribution in [3.8, 4) is 0 Å². The highest BCUT2D eigenvalue weighted by Crippen LogP contribution is 2.25. The number of hydrogen-bond acceptors (Lipinski definition) is 4. The van der Waals surface area contributed by atoms with E-state index >= 15 is 0 Å². The van der Waals surface area contributed by atoms with E-state index in [1.807, 2.05) is 0 Å².